The highest BCUT2D eigenvalue weighted by atomic mass is 19.4. The zero-order valence-corrected chi connectivity index (χ0v) is 12.2. The molecule has 0 aliphatic heterocycles. The molecule has 0 radical (unpaired) electrons. The van der Waals surface area contributed by atoms with Crippen molar-refractivity contribution in [2.24, 2.45) is 0 Å². The van der Waals surface area contributed by atoms with Gasteiger partial charge in [-0.05, 0) is 17.7 Å². The highest BCUT2D eigenvalue weighted by molar-refractivity contribution is 5.64. The van der Waals surface area contributed by atoms with E-state index in [9.17, 15) is 23.3 Å². The van der Waals surface area contributed by atoms with Crippen molar-refractivity contribution in [3.8, 4) is 6.07 Å². The zero-order chi connectivity index (χ0) is 17.7. The number of rotatable bonds is 5. The third kappa shape index (κ3) is 4.01. The molecule has 0 fully saturated rings. The molecular weight excluding hydrogens is 323 g/mol. The van der Waals surface area contributed by atoms with Gasteiger partial charge in [0, 0.05) is 6.07 Å². The second-order valence-electron chi connectivity index (χ2n) is 4.96. The molecule has 0 heterocycles. The molecule has 0 aromatic heterocycles. The van der Waals surface area contributed by atoms with E-state index in [0.29, 0.717) is 11.6 Å². The first-order valence-electron chi connectivity index (χ1n) is 6.87. The molecule has 2 rings (SSSR count). The SMILES string of the molecule is N#CC[C@H](Nc1ccc(C(F)(F)F)cc1[N+](=O)[O-])c1ccccc1. The molecule has 0 aliphatic rings. The molecule has 1 atom stereocenters. The van der Waals surface area contributed by atoms with Crippen LogP contribution in [-0.2, 0) is 6.18 Å². The summed E-state index contributed by atoms with van der Waals surface area (Å²) in [5.74, 6) is 0. The highest BCUT2D eigenvalue weighted by Gasteiger charge is 2.33. The monoisotopic (exact) mass is 335 g/mol. The van der Waals surface area contributed by atoms with Crippen LogP contribution in [0.25, 0.3) is 0 Å². The molecule has 0 aliphatic carbocycles. The van der Waals surface area contributed by atoms with Gasteiger partial charge in [-0.25, -0.2) is 0 Å². The minimum absolute atomic E-state index is 0.00217. The van der Waals surface area contributed by atoms with Crippen LogP contribution in [-0.4, -0.2) is 4.92 Å². The lowest BCUT2D eigenvalue weighted by Gasteiger charge is -2.18. The minimum atomic E-state index is -4.67. The first-order chi connectivity index (χ1) is 11.3. The molecule has 0 bridgehead atoms. The number of nitrogens with one attached hydrogen (secondary N) is 1. The van der Waals surface area contributed by atoms with Crippen LogP contribution >= 0.6 is 0 Å². The maximum absolute atomic E-state index is 12.7. The second-order valence-corrected chi connectivity index (χ2v) is 4.96. The lowest BCUT2D eigenvalue weighted by Crippen LogP contribution is -2.12. The lowest BCUT2D eigenvalue weighted by atomic mass is 10.0. The molecule has 5 nitrogen and oxygen atoms in total. The van der Waals surface area contributed by atoms with Crippen molar-refractivity contribution in [3.63, 3.8) is 0 Å². The Bertz CT molecular complexity index is 770. The summed E-state index contributed by atoms with van der Waals surface area (Å²) in [7, 11) is 0. The Hall–Kier alpha value is -3.08. The van der Waals surface area contributed by atoms with Gasteiger partial charge in [0.2, 0.25) is 0 Å². The minimum Gasteiger partial charge on any atom is -0.372 e. The summed E-state index contributed by atoms with van der Waals surface area (Å²) in [6.45, 7) is 0. The number of anilines is 1. The van der Waals surface area contributed by atoms with Gasteiger partial charge >= 0.3 is 6.18 Å². The van der Waals surface area contributed by atoms with Gasteiger partial charge in [0.15, 0.2) is 0 Å². The first-order valence-corrected chi connectivity index (χ1v) is 6.87. The molecule has 1 N–H and O–H groups in total. The van der Waals surface area contributed by atoms with E-state index < -0.39 is 28.4 Å². The van der Waals surface area contributed by atoms with Crippen LogP contribution in [0.2, 0.25) is 0 Å². The summed E-state index contributed by atoms with van der Waals surface area (Å²) in [6, 6.07) is 12.3. The fraction of sp³-hybridized carbons (Fsp3) is 0.188. The number of nitro groups is 1. The lowest BCUT2D eigenvalue weighted by molar-refractivity contribution is -0.384. The third-order valence-corrected chi connectivity index (χ3v) is 3.35. The van der Waals surface area contributed by atoms with Gasteiger partial charge in [0.05, 0.1) is 29.0 Å². The van der Waals surface area contributed by atoms with Crippen molar-refractivity contribution < 1.29 is 18.1 Å². The summed E-state index contributed by atoms with van der Waals surface area (Å²) in [5, 5.41) is 22.8. The van der Waals surface area contributed by atoms with Gasteiger partial charge in [-0.3, -0.25) is 10.1 Å². The molecule has 0 saturated carbocycles. The van der Waals surface area contributed by atoms with Gasteiger partial charge in [0.1, 0.15) is 5.69 Å². The molecule has 124 valence electrons. The van der Waals surface area contributed by atoms with E-state index in [4.69, 9.17) is 5.26 Å². The molecule has 0 spiro atoms. The molecule has 0 saturated heterocycles. The standard InChI is InChI=1S/C16H12F3N3O2/c17-16(18,19)12-6-7-14(15(10-12)22(23)24)21-13(8-9-20)11-4-2-1-3-5-11/h1-7,10,13,21H,8H2/t13-/m0/s1. The smallest absolute Gasteiger partial charge is 0.372 e. The van der Waals surface area contributed by atoms with E-state index in [-0.39, 0.29) is 12.1 Å². The molecular formula is C16H12F3N3O2. The Kier molecular flexibility index (Phi) is 5.04. The number of benzene rings is 2. The summed E-state index contributed by atoms with van der Waals surface area (Å²) >= 11 is 0. The van der Waals surface area contributed by atoms with Crippen LogP contribution in [0.15, 0.2) is 48.5 Å². The number of nitro benzene ring substituents is 1. The van der Waals surface area contributed by atoms with Crippen LogP contribution in [0, 0.1) is 21.4 Å². The largest absolute Gasteiger partial charge is 0.416 e. The van der Waals surface area contributed by atoms with E-state index in [1.807, 2.05) is 6.07 Å². The van der Waals surface area contributed by atoms with Gasteiger partial charge in [-0.2, -0.15) is 18.4 Å². The number of hydrogen-bond donors (Lipinski definition) is 1. The van der Waals surface area contributed by atoms with Crippen molar-refractivity contribution in [1.82, 2.24) is 0 Å². The summed E-state index contributed by atoms with van der Waals surface area (Å²) < 4.78 is 38.2. The number of halogens is 3. The number of hydrogen-bond acceptors (Lipinski definition) is 4. The van der Waals surface area contributed by atoms with E-state index in [1.165, 1.54) is 0 Å². The molecule has 0 amide bonds. The molecule has 8 heteroatoms. The Morgan fingerprint density at radius 1 is 1.21 bits per heavy atom. The molecule has 24 heavy (non-hydrogen) atoms. The maximum atomic E-state index is 12.7. The van der Waals surface area contributed by atoms with Crippen LogP contribution < -0.4 is 5.32 Å². The predicted molar refractivity (Wildman–Crippen MR) is 81.1 cm³/mol. The summed E-state index contributed by atoms with van der Waals surface area (Å²) in [5.41, 5.74) is -1.16. The number of nitrogens with zero attached hydrogens (tertiary/aromatic N) is 2. The van der Waals surface area contributed by atoms with Gasteiger partial charge in [-0.1, -0.05) is 30.3 Å². The van der Waals surface area contributed by atoms with E-state index in [2.05, 4.69) is 5.32 Å². The fourth-order valence-corrected chi connectivity index (χ4v) is 2.20. The third-order valence-electron chi connectivity index (χ3n) is 3.35. The van der Waals surface area contributed by atoms with Crippen molar-refractivity contribution in [1.29, 1.82) is 5.26 Å². The molecule has 2 aromatic carbocycles. The van der Waals surface area contributed by atoms with Crippen molar-refractivity contribution >= 4 is 11.4 Å². The normalized spacial score (nSPS) is 12.2. The predicted octanol–water partition coefficient (Wildman–Crippen LogP) is 4.68. The summed E-state index contributed by atoms with van der Waals surface area (Å²) in [4.78, 5) is 10.2. The average Bonchev–Trinajstić information content (AvgIpc) is 2.54. The Morgan fingerprint density at radius 3 is 2.42 bits per heavy atom. The Labute approximate surface area is 135 Å². The van der Waals surface area contributed by atoms with Gasteiger partial charge in [-0.15, -0.1) is 0 Å². The molecule has 2 aromatic rings. The van der Waals surface area contributed by atoms with Crippen LogP contribution in [0.4, 0.5) is 24.5 Å². The maximum Gasteiger partial charge on any atom is 0.416 e. The van der Waals surface area contributed by atoms with Crippen molar-refractivity contribution in [2.45, 2.75) is 18.6 Å². The Morgan fingerprint density at radius 2 is 1.88 bits per heavy atom. The first kappa shape index (κ1) is 17.3. The topological polar surface area (TPSA) is 79.0 Å². The van der Waals surface area contributed by atoms with E-state index in [0.717, 1.165) is 12.1 Å². The van der Waals surface area contributed by atoms with Gasteiger partial charge in [0.25, 0.3) is 5.69 Å². The van der Waals surface area contributed by atoms with E-state index in [1.54, 1.807) is 30.3 Å². The average molecular weight is 335 g/mol. The van der Waals surface area contributed by atoms with Crippen LogP contribution in [0.1, 0.15) is 23.6 Å². The number of nitriles is 1. The number of alkyl halides is 3. The van der Waals surface area contributed by atoms with Crippen LogP contribution in [0.5, 0.6) is 0 Å². The fourth-order valence-electron chi connectivity index (χ4n) is 2.20. The quantitative estimate of drug-likeness (QED) is 0.635. The van der Waals surface area contributed by atoms with Gasteiger partial charge < -0.3 is 5.32 Å². The van der Waals surface area contributed by atoms with Crippen molar-refractivity contribution in [3.05, 3.63) is 69.8 Å². The highest BCUT2D eigenvalue weighted by Crippen LogP contribution is 2.36. The van der Waals surface area contributed by atoms with Crippen molar-refractivity contribution in [2.75, 3.05) is 5.32 Å². The second kappa shape index (κ2) is 7.00. The summed E-state index contributed by atoms with van der Waals surface area (Å²) in [6.07, 6.45) is -4.67. The van der Waals surface area contributed by atoms with E-state index >= 15 is 0 Å². The van der Waals surface area contributed by atoms with Crippen LogP contribution in [0.3, 0.4) is 0 Å². The Balaban J connectivity index is 2.40. The zero-order valence-electron chi connectivity index (χ0n) is 12.2. The molecule has 0 unspecified atom stereocenters.